The number of anilines is 1. The van der Waals surface area contributed by atoms with Gasteiger partial charge in [-0.3, -0.25) is 0 Å². The van der Waals surface area contributed by atoms with Crippen molar-refractivity contribution in [1.29, 1.82) is 0 Å². The highest BCUT2D eigenvalue weighted by atomic mass is 32.2. The third-order valence-electron chi connectivity index (χ3n) is 3.45. The van der Waals surface area contributed by atoms with Crippen LogP contribution in [-0.4, -0.2) is 26.0 Å². The number of nitrogens with two attached hydrogens (primary N) is 1. The zero-order chi connectivity index (χ0) is 13.2. The van der Waals surface area contributed by atoms with E-state index in [0.29, 0.717) is 12.2 Å². The van der Waals surface area contributed by atoms with Gasteiger partial charge in [-0.2, -0.15) is 11.8 Å². The van der Waals surface area contributed by atoms with Crippen LogP contribution >= 0.6 is 11.8 Å². The Kier molecular flexibility index (Phi) is 3.89. The average molecular weight is 286 g/mol. The lowest BCUT2D eigenvalue weighted by atomic mass is 9.84. The lowest BCUT2D eigenvalue weighted by Gasteiger charge is -2.40. The first-order chi connectivity index (χ1) is 8.47. The maximum Gasteiger partial charge on any atom is 0.240 e. The molecule has 0 radical (unpaired) electrons. The zero-order valence-electron chi connectivity index (χ0n) is 10.3. The van der Waals surface area contributed by atoms with Crippen LogP contribution in [0.25, 0.3) is 0 Å². The molecule has 0 bridgehead atoms. The van der Waals surface area contributed by atoms with Gasteiger partial charge in [-0.25, -0.2) is 13.1 Å². The molecule has 0 saturated heterocycles. The Morgan fingerprint density at radius 1 is 1.44 bits per heavy atom. The summed E-state index contributed by atoms with van der Waals surface area (Å²) >= 11 is 1.75. The summed E-state index contributed by atoms with van der Waals surface area (Å²) in [6, 6.07) is 6.37. The second kappa shape index (κ2) is 5.11. The van der Waals surface area contributed by atoms with Gasteiger partial charge in [0.2, 0.25) is 10.0 Å². The SMILES string of the molecule is CSC1(CNS(=O)(=O)c2cccc(N)c2)CCC1. The molecule has 6 heteroatoms. The quantitative estimate of drug-likeness (QED) is 0.810. The van der Waals surface area contributed by atoms with E-state index in [-0.39, 0.29) is 9.64 Å². The van der Waals surface area contributed by atoms with Crippen molar-refractivity contribution >= 4 is 27.5 Å². The summed E-state index contributed by atoms with van der Waals surface area (Å²) in [7, 11) is -3.45. The summed E-state index contributed by atoms with van der Waals surface area (Å²) < 4.78 is 27.0. The Balaban J connectivity index is 2.08. The number of thioether (sulfide) groups is 1. The minimum atomic E-state index is -3.45. The van der Waals surface area contributed by atoms with E-state index < -0.39 is 10.0 Å². The van der Waals surface area contributed by atoms with Gasteiger partial charge in [0.15, 0.2) is 0 Å². The Morgan fingerprint density at radius 3 is 2.67 bits per heavy atom. The smallest absolute Gasteiger partial charge is 0.240 e. The van der Waals surface area contributed by atoms with E-state index in [0.717, 1.165) is 12.8 Å². The Bertz CT molecular complexity index is 519. The average Bonchev–Trinajstić information content (AvgIpc) is 2.28. The molecule has 0 aromatic heterocycles. The normalized spacial score (nSPS) is 18.3. The second-order valence-corrected chi connectivity index (χ2v) is 7.68. The van der Waals surface area contributed by atoms with Gasteiger partial charge in [0.1, 0.15) is 0 Å². The van der Waals surface area contributed by atoms with Crippen molar-refractivity contribution in [3.63, 3.8) is 0 Å². The Morgan fingerprint density at radius 2 is 2.17 bits per heavy atom. The summed E-state index contributed by atoms with van der Waals surface area (Å²) in [4.78, 5) is 0.234. The van der Waals surface area contributed by atoms with Gasteiger partial charge >= 0.3 is 0 Å². The van der Waals surface area contributed by atoms with Crippen LogP contribution in [-0.2, 0) is 10.0 Å². The van der Waals surface area contributed by atoms with Gasteiger partial charge in [0, 0.05) is 17.0 Å². The van der Waals surface area contributed by atoms with Crippen molar-refractivity contribution in [2.24, 2.45) is 0 Å². The molecule has 1 aliphatic rings. The van der Waals surface area contributed by atoms with E-state index in [9.17, 15) is 8.42 Å². The number of benzene rings is 1. The van der Waals surface area contributed by atoms with Crippen molar-refractivity contribution in [3.8, 4) is 0 Å². The van der Waals surface area contributed by atoms with Gasteiger partial charge in [0.05, 0.1) is 4.90 Å². The summed E-state index contributed by atoms with van der Waals surface area (Å²) in [6.07, 6.45) is 5.37. The topological polar surface area (TPSA) is 72.2 Å². The largest absolute Gasteiger partial charge is 0.399 e. The minimum absolute atomic E-state index is 0.0907. The fourth-order valence-electron chi connectivity index (χ4n) is 2.02. The highest BCUT2D eigenvalue weighted by Gasteiger charge is 2.37. The lowest BCUT2D eigenvalue weighted by Crippen LogP contribution is -2.45. The van der Waals surface area contributed by atoms with Crippen LogP contribution in [0.1, 0.15) is 19.3 Å². The predicted octanol–water partition coefficient (Wildman–Crippen LogP) is 1.83. The predicted molar refractivity (Wildman–Crippen MR) is 76.1 cm³/mol. The van der Waals surface area contributed by atoms with Gasteiger partial charge in [-0.1, -0.05) is 12.5 Å². The van der Waals surface area contributed by atoms with Gasteiger partial charge < -0.3 is 5.73 Å². The van der Waals surface area contributed by atoms with E-state index in [4.69, 9.17) is 5.73 Å². The number of nitrogens with one attached hydrogen (secondary N) is 1. The number of hydrogen-bond acceptors (Lipinski definition) is 4. The Hall–Kier alpha value is -0.720. The molecule has 1 aromatic carbocycles. The fraction of sp³-hybridized carbons (Fsp3) is 0.500. The van der Waals surface area contributed by atoms with Crippen LogP contribution in [0.15, 0.2) is 29.2 Å². The molecule has 2 rings (SSSR count). The highest BCUT2D eigenvalue weighted by Crippen LogP contribution is 2.42. The minimum Gasteiger partial charge on any atom is -0.399 e. The third-order valence-corrected chi connectivity index (χ3v) is 6.27. The van der Waals surface area contributed by atoms with Crippen molar-refractivity contribution in [3.05, 3.63) is 24.3 Å². The summed E-state index contributed by atoms with van der Waals surface area (Å²) in [5.41, 5.74) is 6.06. The molecule has 1 aliphatic carbocycles. The van der Waals surface area contributed by atoms with Crippen LogP contribution < -0.4 is 10.5 Å². The van der Waals surface area contributed by atoms with Crippen molar-refractivity contribution < 1.29 is 8.42 Å². The van der Waals surface area contributed by atoms with Crippen LogP contribution in [0.4, 0.5) is 5.69 Å². The molecule has 0 aliphatic heterocycles. The summed E-state index contributed by atoms with van der Waals surface area (Å²) in [5, 5.41) is 0. The molecule has 4 nitrogen and oxygen atoms in total. The third kappa shape index (κ3) is 2.81. The monoisotopic (exact) mass is 286 g/mol. The molecule has 0 atom stereocenters. The molecular weight excluding hydrogens is 268 g/mol. The van der Waals surface area contributed by atoms with Crippen LogP contribution in [0, 0.1) is 0 Å². The molecule has 0 spiro atoms. The molecular formula is C12H18N2O2S2. The van der Waals surface area contributed by atoms with Crippen LogP contribution in [0.5, 0.6) is 0 Å². The summed E-state index contributed by atoms with van der Waals surface area (Å²) in [6.45, 7) is 0.491. The number of hydrogen-bond donors (Lipinski definition) is 2. The van der Waals surface area contributed by atoms with Gasteiger partial charge in [-0.05, 0) is 37.3 Å². The molecule has 100 valence electrons. The fourth-order valence-corrected chi connectivity index (χ4v) is 4.20. The number of nitrogen functional groups attached to an aromatic ring is 1. The van der Waals surface area contributed by atoms with E-state index >= 15 is 0 Å². The van der Waals surface area contributed by atoms with Crippen LogP contribution in [0.2, 0.25) is 0 Å². The van der Waals surface area contributed by atoms with E-state index in [2.05, 4.69) is 4.72 Å². The van der Waals surface area contributed by atoms with Crippen molar-refractivity contribution in [2.75, 3.05) is 18.5 Å². The highest BCUT2D eigenvalue weighted by molar-refractivity contribution is 8.00. The first-order valence-corrected chi connectivity index (χ1v) is 8.59. The molecule has 1 fully saturated rings. The molecule has 18 heavy (non-hydrogen) atoms. The Labute approximate surface area is 112 Å². The number of rotatable bonds is 5. The van der Waals surface area contributed by atoms with E-state index in [1.165, 1.54) is 12.5 Å². The first-order valence-electron chi connectivity index (χ1n) is 5.88. The maximum absolute atomic E-state index is 12.1. The molecule has 3 N–H and O–H groups in total. The summed E-state index contributed by atoms with van der Waals surface area (Å²) in [5.74, 6) is 0. The molecule has 0 heterocycles. The van der Waals surface area contributed by atoms with Gasteiger partial charge in [-0.15, -0.1) is 0 Å². The molecule has 1 saturated carbocycles. The second-order valence-electron chi connectivity index (χ2n) is 4.64. The zero-order valence-corrected chi connectivity index (χ0v) is 12.0. The van der Waals surface area contributed by atoms with Crippen molar-refractivity contribution in [1.82, 2.24) is 4.72 Å². The van der Waals surface area contributed by atoms with Crippen molar-refractivity contribution in [2.45, 2.75) is 28.9 Å². The van der Waals surface area contributed by atoms with E-state index in [1.54, 1.807) is 30.0 Å². The number of sulfonamides is 1. The standard InChI is InChI=1S/C12H18N2O2S2/c1-17-12(6-3-7-12)9-14-18(15,16)11-5-2-4-10(13)8-11/h2,4-5,8,14H,3,6-7,9,13H2,1H3. The van der Waals surface area contributed by atoms with Gasteiger partial charge in [0.25, 0.3) is 0 Å². The van der Waals surface area contributed by atoms with Crippen LogP contribution in [0.3, 0.4) is 0 Å². The molecule has 0 unspecified atom stereocenters. The molecule has 1 aromatic rings. The lowest BCUT2D eigenvalue weighted by molar-refractivity contribution is 0.362. The molecule has 0 amide bonds. The maximum atomic E-state index is 12.1. The first kappa shape index (κ1) is 13.7. The van der Waals surface area contributed by atoms with E-state index in [1.807, 2.05) is 6.26 Å².